The third-order valence-electron chi connectivity index (χ3n) is 2.57. The summed E-state index contributed by atoms with van der Waals surface area (Å²) in [6, 6.07) is 10.9. The van der Waals surface area contributed by atoms with Crippen LogP contribution in [-0.4, -0.2) is 26.3 Å². The summed E-state index contributed by atoms with van der Waals surface area (Å²) in [5, 5.41) is 8.45. The zero-order valence-corrected chi connectivity index (χ0v) is 11.3. The SMILES string of the molecule is CC(NS(=O)(=O)N(C)CCC#N)c1ccccc1. The summed E-state index contributed by atoms with van der Waals surface area (Å²) >= 11 is 0. The maximum absolute atomic E-state index is 11.9. The molecule has 1 aromatic carbocycles. The molecular weight excluding hydrogens is 250 g/mol. The van der Waals surface area contributed by atoms with E-state index in [1.807, 2.05) is 36.4 Å². The molecule has 6 heteroatoms. The maximum atomic E-state index is 11.9. The van der Waals surface area contributed by atoms with Gasteiger partial charge in [0.05, 0.1) is 6.07 Å². The summed E-state index contributed by atoms with van der Waals surface area (Å²) in [5.74, 6) is 0. The molecule has 0 aliphatic rings. The maximum Gasteiger partial charge on any atom is 0.279 e. The molecule has 0 fully saturated rings. The summed E-state index contributed by atoms with van der Waals surface area (Å²) in [7, 11) is -2.09. The monoisotopic (exact) mass is 267 g/mol. The second-order valence-corrected chi connectivity index (χ2v) is 5.79. The Morgan fingerprint density at radius 2 is 2.00 bits per heavy atom. The molecule has 0 bridgehead atoms. The number of hydrogen-bond acceptors (Lipinski definition) is 3. The van der Waals surface area contributed by atoms with E-state index in [9.17, 15) is 8.42 Å². The Labute approximate surface area is 108 Å². The molecule has 0 saturated carbocycles. The molecule has 0 aliphatic heterocycles. The van der Waals surface area contributed by atoms with Crippen molar-refractivity contribution < 1.29 is 8.42 Å². The highest BCUT2D eigenvalue weighted by Gasteiger charge is 2.20. The quantitative estimate of drug-likeness (QED) is 0.847. The van der Waals surface area contributed by atoms with Gasteiger partial charge in [0.1, 0.15) is 0 Å². The second kappa shape index (κ2) is 6.50. The van der Waals surface area contributed by atoms with Crippen molar-refractivity contribution in [1.29, 1.82) is 5.26 Å². The molecule has 1 atom stereocenters. The highest BCUT2D eigenvalue weighted by molar-refractivity contribution is 7.87. The molecule has 98 valence electrons. The topological polar surface area (TPSA) is 73.2 Å². The lowest BCUT2D eigenvalue weighted by atomic mass is 10.1. The van der Waals surface area contributed by atoms with Crippen molar-refractivity contribution in [2.45, 2.75) is 19.4 Å². The van der Waals surface area contributed by atoms with Gasteiger partial charge in [0, 0.05) is 26.1 Å². The van der Waals surface area contributed by atoms with E-state index >= 15 is 0 Å². The van der Waals surface area contributed by atoms with Gasteiger partial charge in [-0.05, 0) is 12.5 Å². The van der Waals surface area contributed by atoms with E-state index in [2.05, 4.69) is 4.72 Å². The summed E-state index contributed by atoms with van der Waals surface area (Å²) in [6.07, 6.45) is 0.178. The van der Waals surface area contributed by atoms with Gasteiger partial charge >= 0.3 is 0 Å². The molecule has 0 aromatic heterocycles. The fourth-order valence-electron chi connectivity index (χ4n) is 1.45. The number of benzene rings is 1. The van der Waals surface area contributed by atoms with Gasteiger partial charge in [0.2, 0.25) is 0 Å². The summed E-state index contributed by atoms with van der Waals surface area (Å²) in [5.41, 5.74) is 0.898. The Bertz CT molecular complexity index is 508. The lowest BCUT2D eigenvalue weighted by Gasteiger charge is -2.20. The molecule has 1 N–H and O–H groups in total. The van der Waals surface area contributed by atoms with Crippen LogP contribution >= 0.6 is 0 Å². The number of rotatable bonds is 6. The molecular formula is C12H17N3O2S. The molecule has 0 heterocycles. The highest BCUT2D eigenvalue weighted by Crippen LogP contribution is 2.13. The van der Waals surface area contributed by atoms with Crippen molar-refractivity contribution in [2.75, 3.05) is 13.6 Å². The highest BCUT2D eigenvalue weighted by atomic mass is 32.2. The lowest BCUT2D eigenvalue weighted by molar-refractivity contribution is 0.456. The van der Waals surface area contributed by atoms with Gasteiger partial charge in [-0.25, -0.2) is 0 Å². The van der Waals surface area contributed by atoms with Crippen LogP contribution in [0, 0.1) is 11.3 Å². The molecule has 1 unspecified atom stereocenters. The van der Waals surface area contributed by atoms with Crippen LogP contribution in [0.25, 0.3) is 0 Å². The van der Waals surface area contributed by atoms with Crippen LogP contribution < -0.4 is 4.72 Å². The van der Waals surface area contributed by atoms with Gasteiger partial charge < -0.3 is 0 Å². The van der Waals surface area contributed by atoms with E-state index in [1.165, 1.54) is 7.05 Å². The number of nitriles is 1. The summed E-state index contributed by atoms with van der Waals surface area (Å²) in [4.78, 5) is 0. The first-order valence-electron chi connectivity index (χ1n) is 5.63. The van der Waals surface area contributed by atoms with Crippen molar-refractivity contribution in [3.8, 4) is 6.07 Å². The van der Waals surface area contributed by atoms with E-state index in [-0.39, 0.29) is 19.0 Å². The molecule has 1 aromatic rings. The Hall–Kier alpha value is -1.42. The van der Waals surface area contributed by atoms with Crippen molar-refractivity contribution in [2.24, 2.45) is 0 Å². The molecule has 0 amide bonds. The first-order chi connectivity index (χ1) is 8.47. The lowest BCUT2D eigenvalue weighted by Crippen LogP contribution is -2.39. The molecule has 1 rings (SSSR count). The largest absolute Gasteiger partial charge is 0.279 e. The van der Waals surface area contributed by atoms with E-state index in [0.29, 0.717) is 0 Å². The van der Waals surface area contributed by atoms with Gasteiger partial charge in [-0.2, -0.15) is 22.7 Å². The van der Waals surface area contributed by atoms with Crippen LogP contribution in [0.15, 0.2) is 30.3 Å². The Morgan fingerprint density at radius 1 is 1.39 bits per heavy atom. The minimum atomic E-state index is -3.55. The van der Waals surface area contributed by atoms with Gasteiger partial charge in [-0.1, -0.05) is 30.3 Å². The first-order valence-corrected chi connectivity index (χ1v) is 7.07. The Kier molecular flexibility index (Phi) is 5.28. The van der Waals surface area contributed by atoms with Gasteiger partial charge in [-0.15, -0.1) is 0 Å². The predicted octanol–water partition coefficient (Wildman–Crippen LogP) is 1.43. The third kappa shape index (κ3) is 4.11. The Morgan fingerprint density at radius 3 is 2.56 bits per heavy atom. The van der Waals surface area contributed by atoms with Crippen molar-refractivity contribution in [3.05, 3.63) is 35.9 Å². The van der Waals surface area contributed by atoms with Crippen LogP contribution in [0.4, 0.5) is 0 Å². The average Bonchev–Trinajstić information content (AvgIpc) is 2.36. The molecule has 5 nitrogen and oxygen atoms in total. The van der Waals surface area contributed by atoms with Gasteiger partial charge in [0.25, 0.3) is 10.2 Å². The second-order valence-electron chi connectivity index (χ2n) is 3.98. The minimum absolute atomic E-state index is 0.178. The third-order valence-corrected chi connectivity index (χ3v) is 4.23. The van der Waals surface area contributed by atoms with Gasteiger partial charge in [-0.3, -0.25) is 0 Å². The first kappa shape index (κ1) is 14.6. The Balaban J connectivity index is 2.69. The smallest absolute Gasteiger partial charge is 0.198 e. The van der Waals surface area contributed by atoms with Crippen molar-refractivity contribution in [3.63, 3.8) is 0 Å². The van der Waals surface area contributed by atoms with Crippen LogP contribution in [0.1, 0.15) is 24.9 Å². The predicted molar refractivity (Wildman–Crippen MR) is 69.8 cm³/mol. The molecule has 0 saturated heterocycles. The average molecular weight is 267 g/mol. The van der Waals surface area contributed by atoms with Crippen molar-refractivity contribution in [1.82, 2.24) is 9.03 Å². The number of nitrogens with one attached hydrogen (secondary N) is 1. The molecule has 0 aliphatic carbocycles. The zero-order valence-electron chi connectivity index (χ0n) is 10.5. The zero-order chi connectivity index (χ0) is 13.6. The fourth-order valence-corrected chi connectivity index (χ4v) is 2.55. The van der Waals surface area contributed by atoms with Crippen molar-refractivity contribution >= 4 is 10.2 Å². The van der Waals surface area contributed by atoms with Crippen LogP contribution in [0.2, 0.25) is 0 Å². The molecule has 18 heavy (non-hydrogen) atoms. The van der Waals surface area contributed by atoms with E-state index in [1.54, 1.807) is 6.92 Å². The number of nitrogens with zero attached hydrogens (tertiary/aromatic N) is 2. The fraction of sp³-hybridized carbons (Fsp3) is 0.417. The van der Waals surface area contributed by atoms with E-state index in [4.69, 9.17) is 5.26 Å². The molecule has 0 spiro atoms. The minimum Gasteiger partial charge on any atom is -0.198 e. The number of hydrogen-bond donors (Lipinski definition) is 1. The van der Waals surface area contributed by atoms with Crippen LogP contribution in [0.5, 0.6) is 0 Å². The summed E-state index contributed by atoms with van der Waals surface area (Å²) < 4.78 is 27.6. The normalized spacial score (nSPS) is 13.2. The standard InChI is InChI=1S/C12H17N3O2S/c1-11(12-7-4-3-5-8-12)14-18(16,17)15(2)10-6-9-13/h3-5,7-8,11,14H,6,10H2,1-2H3. The van der Waals surface area contributed by atoms with E-state index < -0.39 is 10.2 Å². The summed E-state index contributed by atoms with van der Waals surface area (Å²) in [6.45, 7) is 1.97. The van der Waals surface area contributed by atoms with E-state index in [0.717, 1.165) is 9.87 Å². The van der Waals surface area contributed by atoms with Gasteiger partial charge in [0.15, 0.2) is 0 Å². The van der Waals surface area contributed by atoms with Crippen LogP contribution in [0.3, 0.4) is 0 Å². The van der Waals surface area contributed by atoms with Crippen LogP contribution in [-0.2, 0) is 10.2 Å². The molecule has 0 radical (unpaired) electrons.